The van der Waals surface area contributed by atoms with Crippen molar-refractivity contribution in [3.05, 3.63) is 34.3 Å². The van der Waals surface area contributed by atoms with Crippen LogP contribution in [0.25, 0.3) is 0 Å². The fourth-order valence-corrected chi connectivity index (χ4v) is 2.52. The van der Waals surface area contributed by atoms with Crippen LogP contribution in [-0.2, 0) is 4.79 Å². The van der Waals surface area contributed by atoms with E-state index >= 15 is 0 Å². The van der Waals surface area contributed by atoms with Crippen molar-refractivity contribution in [1.82, 2.24) is 5.32 Å². The van der Waals surface area contributed by atoms with Gasteiger partial charge in [-0.2, -0.15) is 0 Å². The Kier molecular flexibility index (Phi) is 3.71. The number of nitrogens with one attached hydrogen (secondary N) is 1. The minimum Gasteiger partial charge on any atom is -0.481 e. The van der Waals surface area contributed by atoms with E-state index in [0.717, 1.165) is 6.42 Å². The third-order valence-electron chi connectivity index (χ3n) is 3.47. The highest BCUT2D eigenvalue weighted by molar-refractivity contribution is 9.10. The number of carbonyl (C=O) groups excluding carboxylic acids is 1. The van der Waals surface area contributed by atoms with Gasteiger partial charge < -0.3 is 10.4 Å². The molecule has 1 aromatic rings. The summed E-state index contributed by atoms with van der Waals surface area (Å²) in [6, 6.07) is 7.08. The van der Waals surface area contributed by atoms with Gasteiger partial charge in [0, 0.05) is 11.0 Å². The molecule has 0 atom stereocenters. The van der Waals surface area contributed by atoms with Crippen LogP contribution in [0.1, 0.15) is 29.6 Å². The Bertz CT molecular complexity index is 483. The lowest BCUT2D eigenvalue weighted by Gasteiger charge is -2.37. The first-order chi connectivity index (χ1) is 8.55. The molecule has 1 fully saturated rings. The molecule has 0 heterocycles. The van der Waals surface area contributed by atoms with Crippen molar-refractivity contribution < 1.29 is 14.7 Å². The average molecular weight is 312 g/mol. The summed E-state index contributed by atoms with van der Waals surface area (Å²) in [6.45, 7) is 0.197. The van der Waals surface area contributed by atoms with Crippen LogP contribution in [0.3, 0.4) is 0 Å². The monoisotopic (exact) mass is 311 g/mol. The van der Waals surface area contributed by atoms with Crippen molar-refractivity contribution in [2.45, 2.75) is 19.3 Å². The van der Waals surface area contributed by atoms with Crippen molar-refractivity contribution >= 4 is 27.8 Å². The summed E-state index contributed by atoms with van der Waals surface area (Å²) in [7, 11) is 0. The third kappa shape index (κ3) is 2.41. The second-order valence-electron chi connectivity index (χ2n) is 4.60. The van der Waals surface area contributed by atoms with Crippen LogP contribution < -0.4 is 5.32 Å². The van der Waals surface area contributed by atoms with Gasteiger partial charge in [0.25, 0.3) is 5.91 Å². The Morgan fingerprint density at radius 1 is 1.33 bits per heavy atom. The zero-order valence-electron chi connectivity index (χ0n) is 9.78. The van der Waals surface area contributed by atoms with Gasteiger partial charge in [-0.05, 0) is 40.9 Å². The van der Waals surface area contributed by atoms with E-state index in [-0.39, 0.29) is 12.5 Å². The molecule has 2 N–H and O–H groups in total. The molecule has 1 aliphatic rings. The lowest BCUT2D eigenvalue weighted by molar-refractivity contribution is -0.153. The highest BCUT2D eigenvalue weighted by Crippen LogP contribution is 2.40. The van der Waals surface area contributed by atoms with Gasteiger partial charge in [-0.3, -0.25) is 9.59 Å². The lowest BCUT2D eigenvalue weighted by atomic mass is 9.69. The van der Waals surface area contributed by atoms with Crippen LogP contribution >= 0.6 is 15.9 Å². The maximum absolute atomic E-state index is 11.9. The average Bonchev–Trinajstić information content (AvgIpc) is 2.27. The first-order valence-corrected chi connectivity index (χ1v) is 6.61. The van der Waals surface area contributed by atoms with Gasteiger partial charge in [0.1, 0.15) is 0 Å². The normalized spacial score (nSPS) is 16.7. The second-order valence-corrected chi connectivity index (χ2v) is 5.46. The molecule has 96 valence electrons. The summed E-state index contributed by atoms with van der Waals surface area (Å²) in [5.74, 6) is -1.06. The molecule has 0 saturated heterocycles. The molecule has 18 heavy (non-hydrogen) atoms. The van der Waals surface area contributed by atoms with E-state index in [9.17, 15) is 9.59 Å². The van der Waals surface area contributed by atoms with Crippen molar-refractivity contribution in [1.29, 1.82) is 0 Å². The number of rotatable bonds is 4. The molecule has 0 unspecified atom stereocenters. The summed E-state index contributed by atoms with van der Waals surface area (Å²) in [6.07, 6.45) is 2.19. The predicted octanol–water partition coefficient (Wildman–Crippen LogP) is 2.43. The van der Waals surface area contributed by atoms with Crippen molar-refractivity contribution in [2.24, 2.45) is 5.41 Å². The largest absolute Gasteiger partial charge is 0.481 e. The zero-order chi connectivity index (χ0) is 13.2. The van der Waals surface area contributed by atoms with Gasteiger partial charge in [-0.25, -0.2) is 0 Å². The van der Waals surface area contributed by atoms with Gasteiger partial charge in [-0.15, -0.1) is 0 Å². The maximum atomic E-state index is 11.9. The zero-order valence-corrected chi connectivity index (χ0v) is 11.4. The molecule has 1 saturated carbocycles. The van der Waals surface area contributed by atoms with Crippen LogP contribution in [0.5, 0.6) is 0 Å². The fourth-order valence-electron chi connectivity index (χ4n) is 2.06. The van der Waals surface area contributed by atoms with Crippen molar-refractivity contribution in [3.8, 4) is 0 Å². The number of carboxylic acids is 1. The van der Waals surface area contributed by atoms with E-state index in [4.69, 9.17) is 5.11 Å². The molecule has 0 spiro atoms. The van der Waals surface area contributed by atoms with E-state index in [0.29, 0.717) is 22.9 Å². The van der Waals surface area contributed by atoms with Gasteiger partial charge in [0.2, 0.25) is 0 Å². The SMILES string of the molecule is O=C(NCC1(C(=O)O)CCC1)c1ccccc1Br. The molecule has 0 aromatic heterocycles. The predicted molar refractivity (Wildman–Crippen MR) is 70.4 cm³/mol. The molecule has 0 aliphatic heterocycles. The van der Waals surface area contributed by atoms with Crippen molar-refractivity contribution in [2.75, 3.05) is 6.54 Å². The number of carbonyl (C=O) groups is 2. The Balaban J connectivity index is 2.01. The molecule has 1 aromatic carbocycles. The Hall–Kier alpha value is -1.36. The molecule has 0 bridgehead atoms. The topological polar surface area (TPSA) is 66.4 Å². The quantitative estimate of drug-likeness (QED) is 0.897. The highest BCUT2D eigenvalue weighted by Gasteiger charge is 2.44. The van der Waals surface area contributed by atoms with E-state index in [1.807, 2.05) is 6.07 Å². The van der Waals surface area contributed by atoms with Crippen LogP contribution in [0.4, 0.5) is 0 Å². The van der Waals surface area contributed by atoms with Gasteiger partial charge in [0.15, 0.2) is 0 Å². The van der Waals surface area contributed by atoms with Crippen LogP contribution in [-0.4, -0.2) is 23.5 Å². The van der Waals surface area contributed by atoms with Gasteiger partial charge in [0.05, 0.1) is 11.0 Å². The van der Waals surface area contributed by atoms with Gasteiger partial charge in [-0.1, -0.05) is 18.6 Å². The van der Waals surface area contributed by atoms with Crippen LogP contribution in [0.2, 0.25) is 0 Å². The number of aliphatic carboxylic acids is 1. The standard InChI is InChI=1S/C13H14BrNO3/c14-10-5-2-1-4-9(10)11(16)15-8-13(12(17)18)6-3-7-13/h1-2,4-5H,3,6-8H2,(H,15,16)(H,17,18). The minimum absolute atomic E-state index is 0.197. The molecular formula is C13H14BrNO3. The number of hydrogen-bond acceptors (Lipinski definition) is 2. The maximum Gasteiger partial charge on any atom is 0.311 e. The molecule has 5 heteroatoms. The summed E-state index contributed by atoms with van der Waals surface area (Å²) in [5, 5.41) is 11.9. The number of benzene rings is 1. The summed E-state index contributed by atoms with van der Waals surface area (Å²) in [5.41, 5.74) is -0.228. The van der Waals surface area contributed by atoms with Crippen LogP contribution in [0, 0.1) is 5.41 Å². The molecule has 1 amide bonds. The summed E-state index contributed by atoms with van der Waals surface area (Å²) >= 11 is 3.30. The van der Waals surface area contributed by atoms with Gasteiger partial charge >= 0.3 is 5.97 Å². The molecule has 0 radical (unpaired) electrons. The van der Waals surface area contributed by atoms with E-state index in [1.165, 1.54) is 0 Å². The van der Waals surface area contributed by atoms with E-state index in [2.05, 4.69) is 21.2 Å². The fraction of sp³-hybridized carbons (Fsp3) is 0.385. The summed E-state index contributed by atoms with van der Waals surface area (Å²) < 4.78 is 0.709. The summed E-state index contributed by atoms with van der Waals surface area (Å²) in [4.78, 5) is 23.1. The smallest absolute Gasteiger partial charge is 0.311 e. The number of carboxylic acid groups (broad SMARTS) is 1. The second kappa shape index (κ2) is 5.10. The minimum atomic E-state index is -0.818. The van der Waals surface area contributed by atoms with E-state index in [1.54, 1.807) is 18.2 Å². The molecule has 1 aliphatic carbocycles. The third-order valence-corrected chi connectivity index (χ3v) is 4.16. The molecule has 2 rings (SSSR count). The number of halogens is 1. The first kappa shape index (κ1) is 13.1. The molecule has 4 nitrogen and oxygen atoms in total. The van der Waals surface area contributed by atoms with E-state index < -0.39 is 11.4 Å². The lowest BCUT2D eigenvalue weighted by Crippen LogP contribution is -2.47. The molecular weight excluding hydrogens is 298 g/mol. The number of amides is 1. The number of hydrogen-bond donors (Lipinski definition) is 2. The Morgan fingerprint density at radius 3 is 2.50 bits per heavy atom. The Morgan fingerprint density at radius 2 is 2.00 bits per heavy atom. The van der Waals surface area contributed by atoms with Crippen LogP contribution in [0.15, 0.2) is 28.7 Å². The van der Waals surface area contributed by atoms with Crippen molar-refractivity contribution in [3.63, 3.8) is 0 Å². The Labute approximate surface area is 114 Å². The first-order valence-electron chi connectivity index (χ1n) is 5.81. The highest BCUT2D eigenvalue weighted by atomic mass is 79.9.